The molecule has 0 bridgehead atoms. The van der Waals surface area contributed by atoms with Gasteiger partial charge in [-0.15, -0.1) is 0 Å². The second-order valence-electron chi connectivity index (χ2n) is 5.13. The van der Waals surface area contributed by atoms with E-state index in [4.69, 9.17) is 5.73 Å². The predicted octanol–water partition coefficient (Wildman–Crippen LogP) is 1.77. The summed E-state index contributed by atoms with van der Waals surface area (Å²) in [6, 6.07) is 10.3. The molecular weight excluding hydrogens is 250 g/mol. The van der Waals surface area contributed by atoms with E-state index >= 15 is 0 Å². The van der Waals surface area contributed by atoms with Crippen LogP contribution in [0.25, 0.3) is 0 Å². The summed E-state index contributed by atoms with van der Waals surface area (Å²) in [6.45, 7) is 5.05. The fraction of sp³-hybridized carbons (Fsp3) is 0.333. The van der Waals surface area contributed by atoms with E-state index in [9.17, 15) is 0 Å². The summed E-state index contributed by atoms with van der Waals surface area (Å²) in [7, 11) is 0. The van der Waals surface area contributed by atoms with Gasteiger partial charge in [0, 0.05) is 31.9 Å². The molecule has 1 atom stereocenters. The van der Waals surface area contributed by atoms with E-state index in [1.807, 2.05) is 30.5 Å². The van der Waals surface area contributed by atoms with E-state index in [0.717, 1.165) is 31.3 Å². The number of aromatic nitrogens is 2. The summed E-state index contributed by atoms with van der Waals surface area (Å²) in [5, 5.41) is 0. The average molecular weight is 269 g/mol. The highest BCUT2D eigenvalue weighted by Gasteiger charge is 2.25. The summed E-state index contributed by atoms with van der Waals surface area (Å²) >= 11 is 0. The molecule has 1 fully saturated rings. The lowest BCUT2D eigenvalue weighted by Crippen LogP contribution is -2.52. The fourth-order valence-electron chi connectivity index (χ4n) is 2.61. The van der Waals surface area contributed by atoms with E-state index in [1.165, 1.54) is 0 Å². The molecule has 2 N–H and O–H groups in total. The first kappa shape index (κ1) is 12.7. The highest BCUT2D eigenvalue weighted by Crippen LogP contribution is 2.21. The Balaban J connectivity index is 1.72. The Kier molecular flexibility index (Phi) is 3.41. The van der Waals surface area contributed by atoms with Crippen LogP contribution in [-0.4, -0.2) is 35.6 Å². The Morgan fingerprint density at radius 2 is 2.00 bits per heavy atom. The van der Waals surface area contributed by atoms with Crippen molar-refractivity contribution >= 4 is 17.3 Å². The molecule has 0 aliphatic carbocycles. The van der Waals surface area contributed by atoms with Crippen molar-refractivity contribution in [3.63, 3.8) is 0 Å². The smallest absolute Gasteiger partial charge is 0.128 e. The molecule has 0 unspecified atom stereocenters. The van der Waals surface area contributed by atoms with Crippen LogP contribution in [0.4, 0.5) is 17.3 Å². The van der Waals surface area contributed by atoms with Crippen molar-refractivity contribution in [2.24, 2.45) is 0 Å². The van der Waals surface area contributed by atoms with E-state index in [0.29, 0.717) is 11.7 Å². The second-order valence-corrected chi connectivity index (χ2v) is 5.13. The van der Waals surface area contributed by atoms with Crippen LogP contribution in [0.5, 0.6) is 0 Å². The monoisotopic (exact) mass is 269 g/mol. The van der Waals surface area contributed by atoms with Gasteiger partial charge in [-0.05, 0) is 31.2 Å². The van der Waals surface area contributed by atoms with Crippen LogP contribution < -0.4 is 15.5 Å². The van der Waals surface area contributed by atoms with Crippen LogP contribution in [0.15, 0.2) is 42.7 Å². The van der Waals surface area contributed by atoms with Crippen molar-refractivity contribution in [2.75, 3.05) is 35.2 Å². The Morgan fingerprint density at radius 3 is 2.65 bits per heavy atom. The molecule has 0 amide bonds. The molecular formula is C15H19N5. The largest absolute Gasteiger partial charge is 0.397 e. The topological polar surface area (TPSA) is 58.3 Å². The van der Waals surface area contributed by atoms with Crippen LogP contribution in [-0.2, 0) is 0 Å². The van der Waals surface area contributed by atoms with Gasteiger partial charge in [-0.2, -0.15) is 0 Å². The summed E-state index contributed by atoms with van der Waals surface area (Å²) in [6.07, 6.45) is 3.56. The molecule has 1 aliphatic rings. The normalized spacial score (nSPS) is 19.1. The van der Waals surface area contributed by atoms with E-state index in [2.05, 4.69) is 32.8 Å². The second kappa shape index (κ2) is 5.36. The lowest BCUT2D eigenvalue weighted by atomic mass is 10.2. The van der Waals surface area contributed by atoms with Crippen molar-refractivity contribution < 1.29 is 0 Å². The zero-order valence-electron chi connectivity index (χ0n) is 11.6. The van der Waals surface area contributed by atoms with Crippen molar-refractivity contribution in [1.82, 2.24) is 9.97 Å². The molecule has 0 spiro atoms. The number of piperazine rings is 1. The number of hydrogen-bond donors (Lipinski definition) is 1. The third-order valence-electron chi connectivity index (χ3n) is 3.67. The first-order valence-corrected chi connectivity index (χ1v) is 6.88. The average Bonchev–Trinajstić information content (AvgIpc) is 2.49. The Hall–Kier alpha value is -2.30. The number of nitrogens with two attached hydrogens (primary N) is 1. The molecule has 0 radical (unpaired) electrons. The highest BCUT2D eigenvalue weighted by atomic mass is 15.3. The highest BCUT2D eigenvalue weighted by molar-refractivity contribution is 5.49. The predicted molar refractivity (Wildman–Crippen MR) is 81.9 cm³/mol. The number of nitrogens with zero attached hydrogens (tertiary/aromatic N) is 4. The van der Waals surface area contributed by atoms with Gasteiger partial charge in [0.05, 0.1) is 11.9 Å². The maximum atomic E-state index is 5.69. The zero-order chi connectivity index (χ0) is 13.9. The number of anilines is 3. The Labute approximate surface area is 119 Å². The minimum atomic E-state index is 0.391. The molecule has 20 heavy (non-hydrogen) atoms. The molecule has 3 rings (SSSR count). The van der Waals surface area contributed by atoms with Gasteiger partial charge >= 0.3 is 0 Å². The zero-order valence-corrected chi connectivity index (χ0v) is 11.6. The molecule has 1 aliphatic heterocycles. The molecule has 5 nitrogen and oxygen atoms in total. The van der Waals surface area contributed by atoms with Gasteiger partial charge < -0.3 is 15.5 Å². The molecule has 3 heterocycles. The summed E-state index contributed by atoms with van der Waals surface area (Å²) in [5.41, 5.74) is 6.39. The van der Waals surface area contributed by atoms with Crippen LogP contribution >= 0.6 is 0 Å². The molecule has 0 saturated carbocycles. The number of rotatable bonds is 2. The lowest BCUT2D eigenvalue weighted by Gasteiger charge is -2.41. The van der Waals surface area contributed by atoms with Crippen LogP contribution in [0.2, 0.25) is 0 Å². The van der Waals surface area contributed by atoms with Gasteiger partial charge in [0.25, 0.3) is 0 Å². The van der Waals surface area contributed by atoms with Gasteiger partial charge in [0.1, 0.15) is 11.6 Å². The SMILES string of the molecule is C[C@H]1CN(c2ccccn2)CCN1c1ccc(N)cn1. The van der Waals surface area contributed by atoms with Crippen LogP contribution in [0.3, 0.4) is 0 Å². The molecule has 2 aromatic rings. The molecule has 1 saturated heterocycles. The van der Waals surface area contributed by atoms with Crippen LogP contribution in [0.1, 0.15) is 6.92 Å². The third-order valence-corrected chi connectivity index (χ3v) is 3.67. The van der Waals surface area contributed by atoms with Gasteiger partial charge in [-0.1, -0.05) is 6.07 Å². The van der Waals surface area contributed by atoms with Gasteiger partial charge in [-0.25, -0.2) is 9.97 Å². The third kappa shape index (κ3) is 2.52. The van der Waals surface area contributed by atoms with Crippen molar-refractivity contribution in [2.45, 2.75) is 13.0 Å². The Morgan fingerprint density at radius 1 is 1.10 bits per heavy atom. The van der Waals surface area contributed by atoms with Crippen molar-refractivity contribution in [3.05, 3.63) is 42.7 Å². The molecule has 0 aromatic carbocycles. The van der Waals surface area contributed by atoms with E-state index in [1.54, 1.807) is 6.20 Å². The standard InChI is InChI=1S/C15H19N5/c1-12-11-19(14-4-2-3-7-17-14)8-9-20(12)15-6-5-13(16)10-18-15/h2-7,10,12H,8-9,11,16H2,1H3/t12-/m0/s1. The van der Waals surface area contributed by atoms with Gasteiger partial charge in [0.2, 0.25) is 0 Å². The first-order chi connectivity index (χ1) is 9.74. The van der Waals surface area contributed by atoms with E-state index < -0.39 is 0 Å². The van der Waals surface area contributed by atoms with E-state index in [-0.39, 0.29) is 0 Å². The summed E-state index contributed by atoms with van der Waals surface area (Å²) in [5.74, 6) is 2.04. The minimum Gasteiger partial charge on any atom is -0.397 e. The molecule has 2 aromatic heterocycles. The minimum absolute atomic E-state index is 0.391. The number of pyridine rings is 2. The first-order valence-electron chi connectivity index (χ1n) is 6.88. The van der Waals surface area contributed by atoms with Crippen molar-refractivity contribution in [1.29, 1.82) is 0 Å². The molecule has 5 heteroatoms. The fourth-order valence-corrected chi connectivity index (χ4v) is 2.61. The van der Waals surface area contributed by atoms with Gasteiger partial charge in [0.15, 0.2) is 0 Å². The Bertz CT molecular complexity index is 554. The molecule has 104 valence electrons. The quantitative estimate of drug-likeness (QED) is 0.900. The van der Waals surface area contributed by atoms with Crippen LogP contribution in [0, 0.1) is 0 Å². The lowest BCUT2D eigenvalue weighted by molar-refractivity contribution is 0.543. The number of hydrogen-bond acceptors (Lipinski definition) is 5. The maximum Gasteiger partial charge on any atom is 0.128 e. The summed E-state index contributed by atoms with van der Waals surface area (Å²) < 4.78 is 0. The van der Waals surface area contributed by atoms with Crippen molar-refractivity contribution in [3.8, 4) is 0 Å². The number of nitrogen functional groups attached to an aromatic ring is 1. The summed E-state index contributed by atoms with van der Waals surface area (Å²) in [4.78, 5) is 13.5. The van der Waals surface area contributed by atoms with Gasteiger partial charge in [-0.3, -0.25) is 0 Å². The maximum absolute atomic E-state index is 5.69.